The molecule has 2 amide bonds. The first-order valence-corrected chi connectivity index (χ1v) is 5.02. The number of urea groups is 1. The van der Waals surface area contributed by atoms with Crippen molar-refractivity contribution in [1.82, 2.24) is 0 Å². The molecule has 1 aliphatic carbocycles. The zero-order chi connectivity index (χ0) is 10.8. The second kappa shape index (κ2) is 3.90. The molecule has 1 unspecified atom stereocenters. The minimum Gasteiger partial charge on any atom is -0.393 e. The Morgan fingerprint density at radius 2 is 2.33 bits per heavy atom. The Kier molecular flexibility index (Phi) is 2.60. The number of aryl methyl sites for hydroxylation is 1. The van der Waals surface area contributed by atoms with Crippen molar-refractivity contribution in [3.63, 3.8) is 0 Å². The van der Waals surface area contributed by atoms with E-state index >= 15 is 0 Å². The van der Waals surface area contributed by atoms with E-state index in [4.69, 9.17) is 5.73 Å². The highest BCUT2D eigenvalue weighted by Gasteiger charge is 2.19. The van der Waals surface area contributed by atoms with Crippen molar-refractivity contribution in [2.75, 3.05) is 5.32 Å². The number of benzene rings is 1. The molecule has 0 aromatic heterocycles. The third-order valence-electron chi connectivity index (χ3n) is 2.72. The van der Waals surface area contributed by atoms with Gasteiger partial charge in [0.15, 0.2) is 0 Å². The van der Waals surface area contributed by atoms with E-state index in [1.165, 1.54) is 5.56 Å². The predicted octanol–water partition coefficient (Wildman–Crippen LogP) is 1.03. The van der Waals surface area contributed by atoms with Crippen molar-refractivity contribution in [2.24, 2.45) is 5.73 Å². The summed E-state index contributed by atoms with van der Waals surface area (Å²) >= 11 is 0. The molecule has 2 rings (SSSR count). The lowest BCUT2D eigenvalue weighted by Gasteiger charge is -2.23. The Labute approximate surface area is 88.1 Å². The van der Waals surface area contributed by atoms with Crippen LogP contribution in [0.1, 0.15) is 17.5 Å². The summed E-state index contributed by atoms with van der Waals surface area (Å²) in [5.41, 5.74) is 8.00. The van der Waals surface area contributed by atoms with Gasteiger partial charge in [0.25, 0.3) is 0 Å². The van der Waals surface area contributed by atoms with Crippen molar-refractivity contribution in [3.8, 4) is 0 Å². The van der Waals surface area contributed by atoms with Gasteiger partial charge in [-0.3, -0.25) is 0 Å². The predicted molar refractivity (Wildman–Crippen MR) is 57.7 cm³/mol. The number of hydrogen-bond acceptors (Lipinski definition) is 2. The number of nitrogens with one attached hydrogen (secondary N) is 1. The van der Waals surface area contributed by atoms with Crippen LogP contribution in [-0.2, 0) is 12.8 Å². The van der Waals surface area contributed by atoms with Crippen LogP contribution in [0.2, 0.25) is 0 Å². The highest BCUT2D eigenvalue weighted by Crippen LogP contribution is 2.27. The average Bonchev–Trinajstić information content (AvgIpc) is 2.18. The van der Waals surface area contributed by atoms with E-state index in [1.807, 2.05) is 18.2 Å². The molecule has 0 bridgehead atoms. The number of rotatable bonds is 1. The lowest BCUT2D eigenvalue weighted by Crippen LogP contribution is -2.24. The molecule has 1 aromatic carbocycles. The molecule has 4 N–H and O–H groups in total. The van der Waals surface area contributed by atoms with E-state index in [2.05, 4.69) is 5.32 Å². The Morgan fingerprint density at radius 1 is 1.53 bits per heavy atom. The molecule has 0 fully saturated rings. The molecule has 1 atom stereocenters. The monoisotopic (exact) mass is 206 g/mol. The Morgan fingerprint density at radius 3 is 3.07 bits per heavy atom. The lowest BCUT2D eigenvalue weighted by atomic mass is 9.88. The molecular weight excluding hydrogens is 192 g/mol. The molecule has 0 radical (unpaired) electrons. The number of aliphatic hydroxyl groups excluding tert-OH is 1. The van der Waals surface area contributed by atoms with E-state index < -0.39 is 6.03 Å². The number of primary amides is 1. The molecule has 0 spiro atoms. The van der Waals surface area contributed by atoms with Crippen LogP contribution in [0.15, 0.2) is 18.2 Å². The fourth-order valence-corrected chi connectivity index (χ4v) is 2.02. The summed E-state index contributed by atoms with van der Waals surface area (Å²) in [7, 11) is 0. The van der Waals surface area contributed by atoms with E-state index in [1.54, 1.807) is 0 Å². The van der Waals surface area contributed by atoms with Gasteiger partial charge in [-0.2, -0.15) is 0 Å². The number of hydrogen-bond donors (Lipinski definition) is 3. The largest absolute Gasteiger partial charge is 0.393 e. The van der Waals surface area contributed by atoms with Crippen LogP contribution < -0.4 is 11.1 Å². The maximum atomic E-state index is 10.8. The quantitative estimate of drug-likeness (QED) is 0.641. The topological polar surface area (TPSA) is 75.4 Å². The molecule has 80 valence electrons. The third kappa shape index (κ3) is 2.10. The maximum Gasteiger partial charge on any atom is 0.316 e. The first kappa shape index (κ1) is 9.98. The van der Waals surface area contributed by atoms with Crippen molar-refractivity contribution in [3.05, 3.63) is 29.3 Å². The van der Waals surface area contributed by atoms with Gasteiger partial charge in [-0.25, -0.2) is 4.79 Å². The van der Waals surface area contributed by atoms with Crippen LogP contribution in [-0.4, -0.2) is 17.2 Å². The molecule has 4 heteroatoms. The zero-order valence-corrected chi connectivity index (χ0v) is 8.36. The molecule has 0 saturated carbocycles. The second-order valence-corrected chi connectivity index (χ2v) is 3.83. The van der Waals surface area contributed by atoms with E-state index in [0.717, 1.165) is 24.1 Å². The minimum absolute atomic E-state index is 0.312. The molecule has 0 saturated heterocycles. The molecule has 0 aliphatic heterocycles. The van der Waals surface area contributed by atoms with Gasteiger partial charge in [-0.05, 0) is 30.0 Å². The zero-order valence-electron chi connectivity index (χ0n) is 8.36. The van der Waals surface area contributed by atoms with Crippen LogP contribution in [0.25, 0.3) is 0 Å². The Balaban J connectivity index is 2.35. The second-order valence-electron chi connectivity index (χ2n) is 3.83. The number of amides is 2. The first-order valence-electron chi connectivity index (χ1n) is 5.02. The standard InChI is InChI=1S/C11H14N2O2/c12-11(15)13-10-3-1-2-7-4-5-8(14)6-9(7)10/h1-3,8,14H,4-6H2,(H3,12,13,15). The number of carbonyl (C=O) groups is 1. The normalized spacial score (nSPS) is 19.4. The van der Waals surface area contributed by atoms with Gasteiger partial charge in [-0.15, -0.1) is 0 Å². The van der Waals surface area contributed by atoms with Crippen molar-refractivity contribution in [2.45, 2.75) is 25.4 Å². The Bertz CT molecular complexity index is 390. The van der Waals surface area contributed by atoms with Crippen molar-refractivity contribution >= 4 is 11.7 Å². The van der Waals surface area contributed by atoms with Gasteiger partial charge >= 0.3 is 6.03 Å². The van der Waals surface area contributed by atoms with Crippen LogP contribution in [0.5, 0.6) is 0 Å². The van der Waals surface area contributed by atoms with Gasteiger partial charge in [0.1, 0.15) is 0 Å². The smallest absolute Gasteiger partial charge is 0.316 e. The van der Waals surface area contributed by atoms with Gasteiger partial charge in [0.2, 0.25) is 0 Å². The van der Waals surface area contributed by atoms with Crippen LogP contribution in [0.4, 0.5) is 10.5 Å². The fourth-order valence-electron chi connectivity index (χ4n) is 2.02. The minimum atomic E-state index is -0.566. The third-order valence-corrected chi connectivity index (χ3v) is 2.72. The van der Waals surface area contributed by atoms with Crippen molar-refractivity contribution in [1.29, 1.82) is 0 Å². The molecule has 4 nitrogen and oxygen atoms in total. The molecule has 0 heterocycles. The fraction of sp³-hybridized carbons (Fsp3) is 0.364. The summed E-state index contributed by atoms with van der Waals surface area (Å²) in [5.74, 6) is 0. The SMILES string of the molecule is NC(=O)Nc1cccc2c1CC(O)CC2. The number of nitrogens with two attached hydrogens (primary N) is 1. The van der Waals surface area contributed by atoms with Gasteiger partial charge in [0.05, 0.1) is 6.10 Å². The number of anilines is 1. The van der Waals surface area contributed by atoms with E-state index in [-0.39, 0.29) is 6.10 Å². The first-order chi connectivity index (χ1) is 7.16. The summed E-state index contributed by atoms with van der Waals surface area (Å²) in [6.07, 6.45) is 1.91. The summed E-state index contributed by atoms with van der Waals surface area (Å²) in [5, 5.41) is 12.2. The lowest BCUT2D eigenvalue weighted by molar-refractivity contribution is 0.159. The summed E-state index contributed by atoms with van der Waals surface area (Å²) in [4.78, 5) is 10.8. The molecular formula is C11H14N2O2. The summed E-state index contributed by atoms with van der Waals surface area (Å²) < 4.78 is 0. The van der Waals surface area contributed by atoms with Crippen LogP contribution in [0.3, 0.4) is 0 Å². The maximum absolute atomic E-state index is 10.8. The molecule has 1 aliphatic rings. The summed E-state index contributed by atoms with van der Waals surface area (Å²) in [6, 6.07) is 5.15. The number of fused-ring (bicyclic) bond motifs is 1. The van der Waals surface area contributed by atoms with Crippen LogP contribution in [0, 0.1) is 0 Å². The van der Waals surface area contributed by atoms with Crippen LogP contribution >= 0.6 is 0 Å². The highest BCUT2D eigenvalue weighted by atomic mass is 16.3. The van der Waals surface area contributed by atoms with Crippen molar-refractivity contribution < 1.29 is 9.90 Å². The average molecular weight is 206 g/mol. The van der Waals surface area contributed by atoms with Gasteiger partial charge in [0, 0.05) is 12.1 Å². The Hall–Kier alpha value is -1.55. The van der Waals surface area contributed by atoms with E-state index in [9.17, 15) is 9.90 Å². The van der Waals surface area contributed by atoms with Gasteiger partial charge < -0.3 is 16.2 Å². The summed E-state index contributed by atoms with van der Waals surface area (Å²) in [6.45, 7) is 0. The van der Waals surface area contributed by atoms with E-state index in [0.29, 0.717) is 6.42 Å². The molecule has 1 aromatic rings. The number of carbonyl (C=O) groups excluding carboxylic acids is 1. The van der Waals surface area contributed by atoms with Gasteiger partial charge in [-0.1, -0.05) is 12.1 Å². The number of aliphatic hydroxyl groups is 1. The molecule has 15 heavy (non-hydrogen) atoms. The highest BCUT2D eigenvalue weighted by molar-refractivity contribution is 5.89.